The number of hydrogen-bond donors (Lipinski definition) is 1. The first kappa shape index (κ1) is 13.8. The number of rotatable bonds is 5. The van der Waals surface area contributed by atoms with E-state index in [-0.39, 0.29) is 11.3 Å². The number of hydrogen-bond acceptors (Lipinski definition) is 5. The molecule has 0 saturated heterocycles. The minimum absolute atomic E-state index is 0.0386. The van der Waals surface area contributed by atoms with E-state index in [9.17, 15) is 4.79 Å². The molecule has 2 aromatic rings. The molecule has 1 N–H and O–H groups in total. The fourth-order valence-corrected chi connectivity index (χ4v) is 2.21. The topological polar surface area (TPSA) is 72.3 Å². The number of halogens is 1. The molecule has 7 heteroatoms. The molecule has 0 radical (unpaired) electrons. The van der Waals surface area contributed by atoms with Gasteiger partial charge in [0.2, 0.25) is 0 Å². The van der Waals surface area contributed by atoms with Gasteiger partial charge >= 0.3 is 5.97 Å². The van der Waals surface area contributed by atoms with E-state index in [1.54, 1.807) is 0 Å². The second kappa shape index (κ2) is 5.99. The number of aromatic carboxylic acids is 1. The number of nitrogens with zero attached hydrogens (tertiary/aromatic N) is 2. The van der Waals surface area contributed by atoms with E-state index in [0.717, 1.165) is 24.4 Å². The van der Waals surface area contributed by atoms with Gasteiger partial charge in [0, 0.05) is 29.0 Å². The van der Waals surface area contributed by atoms with Crippen LogP contribution in [-0.4, -0.2) is 20.4 Å². The highest BCUT2D eigenvalue weighted by molar-refractivity contribution is 7.07. The quantitative estimate of drug-likeness (QED) is 0.912. The minimum atomic E-state index is -1.08. The predicted octanol–water partition coefficient (Wildman–Crippen LogP) is 3.63. The van der Waals surface area contributed by atoms with Gasteiger partial charge in [0.25, 0.3) is 5.19 Å². The molecule has 0 saturated carbocycles. The standard InChI is InChI=1S/C12H11ClN2O3S/c1-2-3-10-14-12(19-15-10)18-9-6-7(13)4-5-8(9)11(16)17/h4-6H,2-3H2,1H3,(H,16,17). The van der Waals surface area contributed by atoms with Crippen LogP contribution in [0.3, 0.4) is 0 Å². The highest BCUT2D eigenvalue weighted by Gasteiger charge is 2.14. The number of aromatic nitrogens is 2. The lowest BCUT2D eigenvalue weighted by atomic mass is 10.2. The summed E-state index contributed by atoms with van der Waals surface area (Å²) in [5.41, 5.74) is 0.0386. The van der Waals surface area contributed by atoms with E-state index in [0.29, 0.717) is 16.0 Å². The Balaban J connectivity index is 2.26. The van der Waals surface area contributed by atoms with E-state index in [1.807, 2.05) is 6.92 Å². The monoisotopic (exact) mass is 298 g/mol. The molecule has 1 heterocycles. The average Bonchev–Trinajstić information content (AvgIpc) is 2.77. The number of ether oxygens (including phenoxy) is 1. The molecule has 5 nitrogen and oxygen atoms in total. The van der Waals surface area contributed by atoms with E-state index < -0.39 is 5.97 Å². The Bertz CT molecular complexity index is 600. The molecular formula is C12H11ClN2O3S. The predicted molar refractivity (Wildman–Crippen MR) is 72.4 cm³/mol. The van der Waals surface area contributed by atoms with Crippen LogP contribution in [0.1, 0.15) is 29.5 Å². The van der Waals surface area contributed by atoms with Crippen LogP contribution in [0.4, 0.5) is 0 Å². The summed E-state index contributed by atoms with van der Waals surface area (Å²) in [6.07, 6.45) is 1.70. The maximum Gasteiger partial charge on any atom is 0.339 e. The van der Waals surface area contributed by atoms with Crippen molar-refractivity contribution in [1.29, 1.82) is 0 Å². The summed E-state index contributed by atoms with van der Waals surface area (Å²) in [6, 6.07) is 4.35. The molecule has 0 aliphatic carbocycles. The summed E-state index contributed by atoms with van der Waals surface area (Å²) >= 11 is 6.93. The smallest absolute Gasteiger partial charge is 0.339 e. The van der Waals surface area contributed by atoms with Crippen molar-refractivity contribution in [2.24, 2.45) is 0 Å². The second-order valence-corrected chi connectivity index (χ2v) is 4.93. The Morgan fingerprint density at radius 2 is 2.32 bits per heavy atom. The van der Waals surface area contributed by atoms with Gasteiger partial charge in [-0.2, -0.15) is 9.36 Å². The fraction of sp³-hybridized carbons (Fsp3) is 0.250. The Morgan fingerprint density at radius 3 is 3.00 bits per heavy atom. The average molecular weight is 299 g/mol. The van der Waals surface area contributed by atoms with E-state index in [2.05, 4.69) is 9.36 Å². The SMILES string of the molecule is CCCc1nsc(Oc2cc(Cl)ccc2C(=O)O)n1. The van der Waals surface area contributed by atoms with E-state index >= 15 is 0 Å². The number of benzene rings is 1. The molecule has 0 fully saturated rings. The fourth-order valence-electron chi connectivity index (χ4n) is 1.46. The summed E-state index contributed by atoms with van der Waals surface area (Å²) < 4.78 is 9.58. The van der Waals surface area contributed by atoms with Gasteiger partial charge in [-0.15, -0.1) is 0 Å². The Kier molecular flexibility index (Phi) is 4.34. The first-order chi connectivity index (χ1) is 9.10. The van der Waals surface area contributed by atoms with Crippen molar-refractivity contribution in [3.8, 4) is 10.9 Å². The molecule has 0 aliphatic heterocycles. The number of carbonyl (C=O) groups is 1. The summed E-state index contributed by atoms with van der Waals surface area (Å²) in [5, 5.41) is 9.78. The van der Waals surface area contributed by atoms with Gasteiger partial charge in [0.1, 0.15) is 17.1 Å². The lowest BCUT2D eigenvalue weighted by Crippen LogP contribution is -1.99. The zero-order chi connectivity index (χ0) is 13.8. The van der Waals surface area contributed by atoms with Crippen LogP contribution in [0.5, 0.6) is 10.9 Å². The molecule has 0 bridgehead atoms. The first-order valence-corrected chi connectivity index (χ1v) is 6.78. The van der Waals surface area contributed by atoms with Gasteiger partial charge < -0.3 is 9.84 Å². The number of carboxylic acid groups (broad SMARTS) is 1. The maximum absolute atomic E-state index is 11.1. The van der Waals surface area contributed by atoms with Gasteiger partial charge in [0.05, 0.1) is 0 Å². The van der Waals surface area contributed by atoms with Gasteiger partial charge in [0.15, 0.2) is 0 Å². The summed E-state index contributed by atoms with van der Waals surface area (Å²) in [7, 11) is 0. The molecule has 0 atom stereocenters. The largest absolute Gasteiger partial charge is 0.478 e. The van der Waals surface area contributed by atoms with Crippen LogP contribution in [0.15, 0.2) is 18.2 Å². The number of carboxylic acids is 1. The lowest BCUT2D eigenvalue weighted by Gasteiger charge is -2.05. The second-order valence-electron chi connectivity index (χ2n) is 3.77. The Hall–Kier alpha value is -1.66. The minimum Gasteiger partial charge on any atom is -0.478 e. The molecule has 0 spiro atoms. The molecule has 100 valence electrons. The zero-order valence-electron chi connectivity index (χ0n) is 10.1. The molecular weight excluding hydrogens is 288 g/mol. The van der Waals surface area contributed by atoms with Crippen LogP contribution in [0.2, 0.25) is 5.02 Å². The Morgan fingerprint density at radius 1 is 1.53 bits per heavy atom. The molecule has 19 heavy (non-hydrogen) atoms. The van der Waals surface area contributed by atoms with Crippen molar-refractivity contribution in [1.82, 2.24) is 9.36 Å². The summed E-state index contributed by atoms with van der Waals surface area (Å²) in [5.74, 6) is -0.217. The van der Waals surface area contributed by atoms with Crippen molar-refractivity contribution in [3.05, 3.63) is 34.6 Å². The van der Waals surface area contributed by atoms with Crippen LogP contribution >= 0.6 is 23.1 Å². The molecule has 2 rings (SSSR count). The summed E-state index contributed by atoms with van der Waals surface area (Å²) in [6.45, 7) is 2.03. The number of aryl methyl sites for hydroxylation is 1. The van der Waals surface area contributed by atoms with Crippen LogP contribution in [0.25, 0.3) is 0 Å². The van der Waals surface area contributed by atoms with Crippen LogP contribution in [-0.2, 0) is 6.42 Å². The third kappa shape index (κ3) is 3.42. The molecule has 0 aliphatic rings. The van der Waals surface area contributed by atoms with Crippen molar-refractivity contribution >= 4 is 29.1 Å². The Labute approximate surface area is 119 Å². The molecule has 0 unspecified atom stereocenters. The molecule has 0 amide bonds. The normalized spacial score (nSPS) is 10.4. The maximum atomic E-state index is 11.1. The molecule has 1 aromatic heterocycles. The van der Waals surface area contributed by atoms with Crippen molar-refractivity contribution in [3.63, 3.8) is 0 Å². The van der Waals surface area contributed by atoms with Crippen molar-refractivity contribution in [2.45, 2.75) is 19.8 Å². The van der Waals surface area contributed by atoms with Gasteiger partial charge in [-0.3, -0.25) is 0 Å². The van der Waals surface area contributed by atoms with Gasteiger partial charge in [-0.25, -0.2) is 4.79 Å². The van der Waals surface area contributed by atoms with E-state index in [4.69, 9.17) is 21.4 Å². The van der Waals surface area contributed by atoms with Gasteiger partial charge in [-0.05, 0) is 18.6 Å². The third-order valence-electron chi connectivity index (χ3n) is 2.29. The highest BCUT2D eigenvalue weighted by Crippen LogP contribution is 2.29. The zero-order valence-corrected chi connectivity index (χ0v) is 11.7. The van der Waals surface area contributed by atoms with Gasteiger partial charge in [-0.1, -0.05) is 18.5 Å². The van der Waals surface area contributed by atoms with Crippen molar-refractivity contribution < 1.29 is 14.6 Å². The van der Waals surface area contributed by atoms with Crippen molar-refractivity contribution in [2.75, 3.05) is 0 Å². The van der Waals surface area contributed by atoms with Crippen LogP contribution < -0.4 is 4.74 Å². The first-order valence-electron chi connectivity index (χ1n) is 5.63. The van der Waals surface area contributed by atoms with Crippen LogP contribution in [0, 0.1) is 0 Å². The lowest BCUT2D eigenvalue weighted by molar-refractivity contribution is 0.0694. The summed E-state index contributed by atoms with van der Waals surface area (Å²) in [4.78, 5) is 15.2. The highest BCUT2D eigenvalue weighted by atomic mass is 35.5. The third-order valence-corrected chi connectivity index (χ3v) is 3.16. The van der Waals surface area contributed by atoms with E-state index in [1.165, 1.54) is 18.2 Å². The molecule has 1 aromatic carbocycles.